The number of carbonyl (C=O) groups excluding carboxylic acids is 1. The molecule has 1 saturated heterocycles. The minimum absolute atomic E-state index is 0.0879. The first-order valence-corrected chi connectivity index (χ1v) is 10.5. The minimum atomic E-state index is -2.68. The number of alkyl halides is 4. The zero-order valence-corrected chi connectivity index (χ0v) is 17.6. The molecular weight excluding hydrogens is 432 g/mol. The van der Waals surface area contributed by atoms with Gasteiger partial charge >= 0.3 is 6.03 Å². The fraction of sp³-hybridized carbons (Fsp3) is 0.650. The fourth-order valence-corrected chi connectivity index (χ4v) is 4.43. The quantitative estimate of drug-likeness (QED) is 0.622. The number of nitrogens with zero attached hydrogens (tertiary/aromatic N) is 4. The van der Waals surface area contributed by atoms with Gasteiger partial charge in [-0.1, -0.05) is 0 Å². The average Bonchev–Trinajstić information content (AvgIpc) is 3.34. The molecule has 0 aromatic carbocycles. The van der Waals surface area contributed by atoms with Crippen molar-refractivity contribution in [3.8, 4) is 0 Å². The van der Waals surface area contributed by atoms with Gasteiger partial charge in [-0.2, -0.15) is 5.10 Å². The predicted molar refractivity (Wildman–Crippen MR) is 106 cm³/mol. The lowest BCUT2D eigenvalue weighted by molar-refractivity contribution is -0.0484. The molecule has 12 heteroatoms. The number of hydrogen-bond acceptors (Lipinski definition) is 5. The normalized spacial score (nSPS) is 23.7. The summed E-state index contributed by atoms with van der Waals surface area (Å²) in [5.41, 5.74) is 7.91. The summed E-state index contributed by atoms with van der Waals surface area (Å²) in [5.74, 6) is -2.73. The second-order valence-electron chi connectivity index (χ2n) is 8.49. The summed E-state index contributed by atoms with van der Waals surface area (Å²) < 4.78 is 59.8. The van der Waals surface area contributed by atoms with E-state index in [0.29, 0.717) is 29.7 Å². The number of hydrogen-bond donors (Lipinski definition) is 2. The molecule has 0 spiro atoms. The highest BCUT2D eigenvalue weighted by Crippen LogP contribution is 2.40. The predicted octanol–water partition coefficient (Wildman–Crippen LogP) is 2.90. The van der Waals surface area contributed by atoms with E-state index in [1.807, 2.05) is 0 Å². The van der Waals surface area contributed by atoms with Crippen molar-refractivity contribution >= 4 is 11.7 Å². The van der Waals surface area contributed by atoms with Gasteiger partial charge in [-0.25, -0.2) is 31.9 Å². The summed E-state index contributed by atoms with van der Waals surface area (Å²) in [6.07, 6.45) is 0.797. The van der Waals surface area contributed by atoms with Gasteiger partial charge in [-0.15, -0.1) is 0 Å². The van der Waals surface area contributed by atoms with E-state index in [-0.39, 0.29) is 31.9 Å². The molecule has 176 valence electrons. The van der Waals surface area contributed by atoms with Crippen molar-refractivity contribution in [3.63, 3.8) is 0 Å². The van der Waals surface area contributed by atoms with Crippen LogP contribution in [-0.4, -0.2) is 64.2 Å². The molecule has 1 aliphatic heterocycles. The van der Waals surface area contributed by atoms with Crippen molar-refractivity contribution in [2.24, 2.45) is 11.7 Å². The Balaban J connectivity index is 1.55. The molecular formula is C20H26F4N6O2. The van der Waals surface area contributed by atoms with Crippen LogP contribution in [0.1, 0.15) is 49.0 Å². The maximum Gasteiger partial charge on any atom is 0.318 e. The first-order chi connectivity index (χ1) is 15.2. The lowest BCUT2D eigenvalue weighted by Crippen LogP contribution is -2.34. The Morgan fingerprint density at radius 1 is 1.34 bits per heavy atom. The zero-order valence-electron chi connectivity index (χ0n) is 17.6. The van der Waals surface area contributed by atoms with Crippen LogP contribution >= 0.6 is 0 Å². The van der Waals surface area contributed by atoms with Gasteiger partial charge in [0, 0.05) is 32.1 Å². The third kappa shape index (κ3) is 4.51. The van der Waals surface area contributed by atoms with E-state index in [0.717, 1.165) is 0 Å². The molecule has 1 unspecified atom stereocenters. The van der Waals surface area contributed by atoms with Crippen LogP contribution in [0.25, 0.3) is 5.65 Å². The Bertz CT molecular complexity index is 961. The van der Waals surface area contributed by atoms with Gasteiger partial charge in [-0.05, 0) is 24.8 Å². The Kier molecular flexibility index (Phi) is 6.26. The maximum atomic E-state index is 13.5. The first-order valence-electron chi connectivity index (χ1n) is 10.5. The van der Waals surface area contributed by atoms with Gasteiger partial charge < -0.3 is 20.7 Å². The number of aromatic nitrogens is 3. The molecule has 0 bridgehead atoms. The average molecular weight is 458 g/mol. The number of methoxy groups -OCH3 is 1. The highest BCUT2D eigenvalue weighted by molar-refractivity contribution is 5.77. The topological polar surface area (TPSA) is 97.8 Å². The second kappa shape index (κ2) is 8.81. The van der Waals surface area contributed by atoms with Gasteiger partial charge in [-0.3, -0.25) is 0 Å². The molecule has 1 aliphatic carbocycles. The highest BCUT2D eigenvalue weighted by atomic mass is 19.3. The van der Waals surface area contributed by atoms with Gasteiger partial charge in [0.1, 0.15) is 6.04 Å². The number of nitrogens with two attached hydrogens (primary N) is 1. The Labute approximate surface area is 182 Å². The van der Waals surface area contributed by atoms with Crippen LogP contribution in [0, 0.1) is 5.92 Å². The highest BCUT2D eigenvalue weighted by Gasteiger charge is 2.39. The van der Waals surface area contributed by atoms with Crippen LogP contribution in [0.15, 0.2) is 18.5 Å². The van der Waals surface area contributed by atoms with Crippen molar-refractivity contribution in [1.82, 2.24) is 24.8 Å². The summed E-state index contributed by atoms with van der Waals surface area (Å²) in [6, 6.07) is -1.28. The largest absolute Gasteiger partial charge is 0.382 e. The summed E-state index contributed by atoms with van der Waals surface area (Å²) >= 11 is 0. The molecule has 2 amide bonds. The van der Waals surface area contributed by atoms with Crippen molar-refractivity contribution < 1.29 is 27.1 Å². The minimum Gasteiger partial charge on any atom is -0.382 e. The second-order valence-corrected chi connectivity index (χ2v) is 8.49. The number of imidazole rings is 1. The number of urea groups is 1. The molecule has 3 atom stereocenters. The number of rotatable bonds is 7. The van der Waals surface area contributed by atoms with Gasteiger partial charge in [0.25, 0.3) is 6.43 Å². The molecule has 8 nitrogen and oxygen atoms in total. The molecule has 1 saturated carbocycles. The molecule has 0 radical (unpaired) electrons. The smallest absolute Gasteiger partial charge is 0.318 e. The number of amides is 2. The number of fused-ring (bicyclic) bond motifs is 1. The number of ether oxygens (including phenoxy) is 1. The van der Waals surface area contributed by atoms with Crippen LogP contribution in [0.3, 0.4) is 0 Å². The van der Waals surface area contributed by atoms with E-state index in [9.17, 15) is 22.4 Å². The Hall–Kier alpha value is -2.47. The monoisotopic (exact) mass is 458 g/mol. The van der Waals surface area contributed by atoms with Gasteiger partial charge in [0.2, 0.25) is 5.92 Å². The maximum absolute atomic E-state index is 13.5. The van der Waals surface area contributed by atoms with E-state index in [1.54, 1.807) is 12.3 Å². The number of halogens is 4. The Morgan fingerprint density at radius 2 is 2.06 bits per heavy atom. The number of nitrogens with one attached hydrogen (secondary N) is 1. The molecule has 3 N–H and O–H groups in total. The van der Waals surface area contributed by atoms with E-state index in [2.05, 4.69) is 15.4 Å². The molecule has 32 heavy (non-hydrogen) atoms. The third-order valence-corrected chi connectivity index (χ3v) is 6.32. The first kappa shape index (κ1) is 22.7. The van der Waals surface area contributed by atoms with Crippen LogP contribution in [-0.2, 0) is 4.74 Å². The third-order valence-electron chi connectivity index (χ3n) is 6.32. The van der Waals surface area contributed by atoms with Crippen molar-refractivity contribution in [3.05, 3.63) is 29.7 Å². The number of carbonyl (C=O) groups is 1. The van der Waals surface area contributed by atoms with Crippen LogP contribution in [0.5, 0.6) is 0 Å². The fourth-order valence-electron chi connectivity index (χ4n) is 4.43. The summed E-state index contributed by atoms with van der Waals surface area (Å²) in [4.78, 5) is 18.1. The summed E-state index contributed by atoms with van der Waals surface area (Å²) in [7, 11) is 1.46. The zero-order chi connectivity index (χ0) is 23.0. The molecule has 3 heterocycles. The lowest BCUT2D eigenvalue weighted by Gasteiger charge is -2.31. The molecule has 2 aromatic rings. The molecule has 2 fully saturated rings. The standard InChI is InChI=1S/C20H26F4N6O2/c1-32-10-15(29-8-14(18(21)22)28-19(29)31)12-6-16-27-13(9-30(16)26-7-12)17(25)11-2-4-20(23,24)5-3-11/h6-7,9,11,14-15,17-18H,2-5,8,10,25H2,1H3,(H,28,31)/t14-,15+,17?/m0/s1. The van der Waals surface area contributed by atoms with Gasteiger partial charge in [0.05, 0.1) is 36.8 Å². The lowest BCUT2D eigenvalue weighted by atomic mass is 9.81. The van der Waals surface area contributed by atoms with Gasteiger partial charge in [0.15, 0.2) is 5.65 Å². The molecule has 4 rings (SSSR count). The van der Waals surface area contributed by atoms with Crippen molar-refractivity contribution in [2.45, 2.75) is 56.2 Å². The van der Waals surface area contributed by atoms with Crippen LogP contribution in [0.4, 0.5) is 22.4 Å². The Morgan fingerprint density at radius 3 is 2.69 bits per heavy atom. The molecule has 2 aromatic heterocycles. The van der Waals surface area contributed by atoms with E-state index < -0.39 is 36.5 Å². The molecule has 2 aliphatic rings. The van der Waals surface area contributed by atoms with E-state index in [4.69, 9.17) is 10.5 Å². The van der Waals surface area contributed by atoms with Crippen LogP contribution in [0.2, 0.25) is 0 Å². The van der Waals surface area contributed by atoms with Crippen molar-refractivity contribution in [2.75, 3.05) is 20.3 Å². The SMILES string of the molecule is COC[C@H](c1cnn2cc(C(N)C3CCC(F)(F)CC3)nc2c1)N1C[C@@H](C(F)F)NC1=O. The van der Waals surface area contributed by atoms with Crippen molar-refractivity contribution in [1.29, 1.82) is 0 Å². The van der Waals surface area contributed by atoms with E-state index >= 15 is 0 Å². The summed E-state index contributed by atoms with van der Waals surface area (Å²) in [5, 5.41) is 6.60. The van der Waals surface area contributed by atoms with Crippen LogP contribution < -0.4 is 11.1 Å². The summed E-state index contributed by atoms with van der Waals surface area (Å²) in [6.45, 7) is -0.0722. The van der Waals surface area contributed by atoms with E-state index in [1.165, 1.54) is 22.7 Å².